The lowest BCUT2D eigenvalue weighted by atomic mass is 10.2. The van der Waals surface area contributed by atoms with Gasteiger partial charge in [0.15, 0.2) is 6.04 Å². The summed E-state index contributed by atoms with van der Waals surface area (Å²) in [6, 6.07) is 1.05. The van der Waals surface area contributed by atoms with Gasteiger partial charge in [0.2, 0.25) is 0 Å². The van der Waals surface area contributed by atoms with Crippen LogP contribution in [0.1, 0.15) is 4.88 Å². The van der Waals surface area contributed by atoms with Crippen LogP contribution in [0.15, 0.2) is 17.5 Å². The van der Waals surface area contributed by atoms with Gasteiger partial charge in [0.05, 0.1) is 10.6 Å². The Kier molecular flexibility index (Phi) is 2.01. The molecule has 1 aromatic rings. The molecular weight excluding hydrogens is 210 g/mol. The molecule has 0 amide bonds. The second-order valence-electron chi connectivity index (χ2n) is 2.62. The fourth-order valence-corrected chi connectivity index (χ4v) is 2.33. The summed E-state index contributed by atoms with van der Waals surface area (Å²) in [4.78, 5) is 11.7. The van der Waals surface area contributed by atoms with Gasteiger partial charge in [-0.3, -0.25) is 4.42 Å². The predicted octanol–water partition coefficient (Wildman–Crippen LogP) is 2.19. The largest absolute Gasteiger partial charge is 0.479 e. The number of hydrogen-bond acceptors (Lipinski definition) is 3. The van der Waals surface area contributed by atoms with E-state index in [0.29, 0.717) is 0 Å². The first kappa shape index (κ1) is 8.59. The van der Waals surface area contributed by atoms with Gasteiger partial charge in [-0.15, -0.1) is 11.3 Å². The highest BCUT2D eigenvalue weighted by Gasteiger charge is 2.27. The summed E-state index contributed by atoms with van der Waals surface area (Å²) in [6.07, 6.45) is 3.37. The van der Waals surface area contributed by atoms with E-state index in [9.17, 15) is 4.79 Å². The molecule has 2 heterocycles. The second kappa shape index (κ2) is 3.05. The molecule has 1 aliphatic rings. The van der Waals surface area contributed by atoms with Gasteiger partial charge in [-0.1, -0.05) is 0 Å². The van der Waals surface area contributed by atoms with Crippen molar-refractivity contribution < 1.29 is 9.90 Å². The van der Waals surface area contributed by atoms with E-state index in [-0.39, 0.29) is 0 Å². The summed E-state index contributed by atoms with van der Waals surface area (Å²) in [5, 5.41) is 10.7. The second-order valence-corrected chi connectivity index (χ2v) is 3.94. The van der Waals surface area contributed by atoms with E-state index in [1.54, 1.807) is 12.2 Å². The number of thiophene rings is 1. The summed E-state index contributed by atoms with van der Waals surface area (Å²) >= 11 is 7.39. The van der Waals surface area contributed by atoms with E-state index in [1.807, 2.05) is 11.4 Å². The van der Waals surface area contributed by atoms with Crippen LogP contribution >= 0.6 is 23.1 Å². The van der Waals surface area contributed by atoms with Crippen LogP contribution in [0.3, 0.4) is 0 Å². The van der Waals surface area contributed by atoms with Gasteiger partial charge in [0, 0.05) is 11.8 Å². The molecule has 13 heavy (non-hydrogen) atoms. The minimum Gasteiger partial charge on any atom is -0.479 e. The highest BCUT2D eigenvalue weighted by molar-refractivity contribution is 7.11. The Morgan fingerprint density at radius 1 is 1.69 bits per heavy atom. The van der Waals surface area contributed by atoms with Crippen LogP contribution in [0.4, 0.5) is 5.69 Å². The Balaban J connectivity index is 2.41. The third-order valence-corrected chi connectivity index (χ3v) is 3.09. The Labute approximate surface area is 84.0 Å². The number of carboxylic acids is 1. The maximum atomic E-state index is 10.7. The molecule has 0 spiro atoms. The van der Waals surface area contributed by atoms with Crippen molar-refractivity contribution in [3.63, 3.8) is 0 Å². The van der Waals surface area contributed by atoms with Crippen molar-refractivity contribution >= 4 is 40.8 Å². The fraction of sp³-hybridized carbons (Fsp3) is 0.125. The van der Waals surface area contributed by atoms with E-state index >= 15 is 0 Å². The number of halogens is 1. The van der Waals surface area contributed by atoms with Crippen molar-refractivity contribution in [3.05, 3.63) is 22.4 Å². The van der Waals surface area contributed by atoms with Crippen molar-refractivity contribution in [3.8, 4) is 0 Å². The lowest BCUT2D eigenvalue weighted by molar-refractivity contribution is -0.137. The maximum absolute atomic E-state index is 10.7. The number of carbonyl (C=O) groups is 1. The molecule has 5 heteroatoms. The molecule has 0 aromatic carbocycles. The maximum Gasteiger partial charge on any atom is 0.331 e. The highest BCUT2D eigenvalue weighted by atomic mass is 35.5. The van der Waals surface area contributed by atoms with Crippen molar-refractivity contribution in [1.82, 2.24) is 0 Å². The Hall–Kier alpha value is -1.00. The molecule has 1 unspecified atom stereocenters. The Morgan fingerprint density at radius 3 is 3.15 bits per heavy atom. The van der Waals surface area contributed by atoms with E-state index in [0.717, 1.165) is 10.6 Å². The zero-order chi connectivity index (χ0) is 9.42. The van der Waals surface area contributed by atoms with Crippen molar-refractivity contribution in [2.75, 3.05) is 4.42 Å². The molecule has 0 aliphatic carbocycles. The summed E-state index contributed by atoms with van der Waals surface area (Å²) in [7, 11) is 0. The van der Waals surface area contributed by atoms with Gasteiger partial charge in [-0.25, -0.2) is 4.79 Å². The number of carboxylic acid groups (broad SMARTS) is 1. The summed E-state index contributed by atoms with van der Waals surface area (Å²) in [5.74, 6) is -0.942. The van der Waals surface area contributed by atoms with E-state index in [1.165, 1.54) is 15.8 Å². The summed E-state index contributed by atoms with van der Waals surface area (Å²) in [5.41, 5.74) is 0.765. The molecule has 1 atom stereocenters. The molecule has 0 bridgehead atoms. The molecule has 2 rings (SSSR count). The van der Waals surface area contributed by atoms with Gasteiger partial charge in [-0.2, -0.15) is 0 Å². The lowest BCUT2D eigenvalue weighted by Gasteiger charge is -2.23. The molecule has 1 aliphatic heterocycles. The average molecular weight is 216 g/mol. The molecule has 3 nitrogen and oxygen atoms in total. The minimum atomic E-state index is -0.942. The van der Waals surface area contributed by atoms with E-state index in [2.05, 4.69) is 0 Å². The average Bonchev–Trinajstić information content (AvgIpc) is 2.52. The smallest absolute Gasteiger partial charge is 0.331 e. The normalized spacial score (nSPS) is 20.1. The number of nitrogens with zero attached hydrogens (tertiary/aromatic N) is 1. The fourth-order valence-electron chi connectivity index (χ4n) is 1.20. The third kappa shape index (κ3) is 1.32. The zero-order valence-corrected chi connectivity index (χ0v) is 8.05. The monoisotopic (exact) mass is 215 g/mol. The van der Waals surface area contributed by atoms with Gasteiger partial charge in [0.25, 0.3) is 0 Å². The topological polar surface area (TPSA) is 40.5 Å². The first-order valence-corrected chi connectivity index (χ1v) is 4.85. The van der Waals surface area contributed by atoms with Crippen LogP contribution in [-0.4, -0.2) is 17.1 Å². The number of fused-ring (bicyclic) bond motifs is 1. The van der Waals surface area contributed by atoms with Crippen molar-refractivity contribution in [2.45, 2.75) is 6.04 Å². The van der Waals surface area contributed by atoms with Crippen molar-refractivity contribution in [1.29, 1.82) is 0 Å². The Morgan fingerprint density at radius 2 is 2.46 bits per heavy atom. The SMILES string of the molecule is O=C(O)C1C=Cc2sccc2N1Cl. The predicted molar refractivity (Wildman–Crippen MR) is 53.1 cm³/mol. The third-order valence-electron chi connectivity index (χ3n) is 1.83. The van der Waals surface area contributed by atoms with Crippen LogP contribution in [0.5, 0.6) is 0 Å². The highest BCUT2D eigenvalue weighted by Crippen LogP contribution is 2.34. The van der Waals surface area contributed by atoms with Gasteiger partial charge in [-0.05, 0) is 23.6 Å². The summed E-state index contributed by atoms with van der Waals surface area (Å²) in [6.45, 7) is 0. The molecule has 1 N–H and O–H groups in total. The minimum absolute atomic E-state index is 0.760. The van der Waals surface area contributed by atoms with Gasteiger partial charge in [0.1, 0.15) is 0 Å². The first-order valence-electron chi connectivity index (χ1n) is 3.63. The van der Waals surface area contributed by atoms with Crippen LogP contribution in [0, 0.1) is 0 Å². The Bertz CT molecular complexity index is 374. The lowest BCUT2D eigenvalue weighted by Crippen LogP contribution is -2.34. The standard InChI is InChI=1S/C8H6ClNO2S/c9-10-5-3-4-13-7(5)2-1-6(10)8(11)12/h1-4,6H,(H,11,12). The van der Waals surface area contributed by atoms with Gasteiger partial charge >= 0.3 is 5.97 Å². The molecule has 1 aromatic heterocycles. The summed E-state index contributed by atoms with van der Waals surface area (Å²) < 4.78 is 1.24. The van der Waals surface area contributed by atoms with Crippen LogP contribution in [-0.2, 0) is 4.79 Å². The van der Waals surface area contributed by atoms with E-state index < -0.39 is 12.0 Å². The number of rotatable bonds is 1. The van der Waals surface area contributed by atoms with E-state index in [4.69, 9.17) is 16.9 Å². The number of anilines is 1. The number of hydrogen-bond donors (Lipinski definition) is 1. The molecule has 0 saturated heterocycles. The molecule has 0 fully saturated rings. The molecule has 0 saturated carbocycles. The van der Waals surface area contributed by atoms with Crippen molar-refractivity contribution in [2.24, 2.45) is 0 Å². The van der Waals surface area contributed by atoms with Crippen LogP contribution < -0.4 is 4.42 Å². The van der Waals surface area contributed by atoms with Crippen LogP contribution in [0.25, 0.3) is 6.08 Å². The zero-order valence-electron chi connectivity index (χ0n) is 6.48. The number of aliphatic carboxylic acids is 1. The van der Waals surface area contributed by atoms with Crippen LogP contribution in [0.2, 0.25) is 0 Å². The quantitative estimate of drug-likeness (QED) is 0.731. The van der Waals surface area contributed by atoms with Gasteiger partial charge < -0.3 is 5.11 Å². The molecule has 0 radical (unpaired) electrons. The molecular formula is C8H6ClNO2S. The first-order chi connectivity index (χ1) is 6.20. The molecule has 68 valence electrons.